The van der Waals surface area contributed by atoms with Gasteiger partial charge in [0.1, 0.15) is 0 Å². The maximum atomic E-state index is 6.22. The standard InChI is InChI=1S/C13H28N2/c1-5-13(3,14)10-15(4)12-8-6-7-11(2)9-12/h11-12H,5-10,14H2,1-4H3. The average molecular weight is 212 g/mol. The molecule has 0 amide bonds. The largest absolute Gasteiger partial charge is 0.324 e. The third kappa shape index (κ3) is 4.12. The molecule has 0 aliphatic heterocycles. The topological polar surface area (TPSA) is 29.3 Å². The van der Waals surface area contributed by atoms with Gasteiger partial charge in [0.05, 0.1) is 0 Å². The molecule has 90 valence electrons. The molecule has 3 atom stereocenters. The van der Waals surface area contributed by atoms with Gasteiger partial charge in [-0.05, 0) is 39.2 Å². The van der Waals surface area contributed by atoms with Crippen LogP contribution >= 0.6 is 0 Å². The second kappa shape index (κ2) is 5.31. The van der Waals surface area contributed by atoms with Crippen molar-refractivity contribution in [3.05, 3.63) is 0 Å². The number of nitrogens with two attached hydrogens (primary N) is 1. The first-order valence-electron chi connectivity index (χ1n) is 6.43. The highest BCUT2D eigenvalue weighted by atomic mass is 15.1. The normalized spacial score (nSPS) is 31.6. The fourth-order valence-electron chi connectivity index (χ4n) is 2.61. The van der Waals surface area contributed by atoms with Gasteiger partial charge in [-0.2, -0.15) is 0 Å². The van der Waals surface area contributed by atoms with Gasteiger partial charge in [0.2, 0.25) is 0 Å². The summed E-state index contributed by atoms with van der Waals surface area (Å²) in [5.74, 6) is 0.900. The molecule has 0 aromatic carbocycles. The Hall–Kier alpha value is -0.0800. The quantitative estimate of drug-likeness (QED) is 0.776. The molecule has 2 nitrogen and oxygen atoms in total. The highest BCUT2D eigenvalue weighted by molar-refractivity contribution is 4.85. The Morgan fingerprint density at radius 1 is 1.40 bits per heavy atom. The Balaban J connectivity index is 2.42. The molecule has 3 unspecified atom stereocenters. The molecule has 0 bridgehead atoms. The van der Waals surface area contributed by atoms with Crippen LogP contribution in [0.25, 0.3) is 0 Å². The smallest absolute Gasteiger partial charge is 0.0252 e. The van der Waals surface area contributed by atoms with E-state index in [-0.39, 0.29) is 5.54 Å². The summed E-state index contributed by atoms with van der Waals surface area (Å²) in [6, 6.07) is 0.767. The van der Waals surface area contributed by atoms with Gasteiger partial charge in [-0.25, -0.2) is 0 Å². The number of nitrogens with zero attached hydrogens (tertiary/aromatic N) is 1. The lowest BCUT2D eigenvalue weighted by Gasteiger charge is -2.38. The molecular formula is C13H28N2. The molecule has 0 aromatic heterocycles. The van der Waals surface area contributed by atoms with Gasteiger partial charge >= 0.3 is 0 Å². The molecule has 0 heterocycles. The summed E-state index contributed by atoms with van der Waals surface area (Å²) in [6.07, 6.45) is 6.58. The van der Waals surface area contributed by atoms with Crippen molar-refractivity contribution in [1.29, 1.82) is 0 Å². The van der Waals surface area contributed by atoms with Crippen LogP contribution in [0.15, 0.2) is 0 Å². The summed E-state index contributed by atoms with van der Waals surface area (Å²) in [5.41, 5.74) is 6.20. The summed E-state index contributed by atoms with van der Waals surface area (Å²) in [5, 5.41) is 0. The summed E-state index contributed by atoms with van der Waals surface area (Å²) in [6.45, 7) is 7.75. The molecule has 0 spiro atoms. The summed E-state index contributed by atoms with van der Waals surface area (Å²) < 4.78 is 0. The lowest BCUT2D eigenvalue weighted by atomic mass is 9.85. The summed E-state index contributed by atoms with van der Waals surface area (Å²) in [7, 11) is 2.24. The van der Waals surface area contributed by atoms with E-state index >= 15 is 0 Å². The van der Waals surface area contributed by atoms with Crippen LogP contribution < -0.4 is 5.73 Å². The predicted molar refractivity (Wildman–Crippen MR) is 66.9 cm³/mol. The minimum absolute atomic E-state index is 0.0184. The highest BCUT2D eigenvalue weighted by Gasteiger charge is 2.26. The lowest BCUT2D eigenvalue weighted by molar-refractivity contribution is 0.136. The minimum Gasteiger partial charge on any atom is -0.324 e. The van der Waals surface area contributed by atoms with Crippen LogP contribution in [0.5, 0.6) is 0 Å². The molecule has 1 fully saturated rings. The number of hydrogen-bond acceptors (Lipinski definition) is 2. The van der Waals surface area contributed by atoms with E-state index in [1.54, 1.807) is 0 Å². The van der Waals surface area contributed by atoms with Crippen molar-refractivity contribution in [3.8, 4) is 0 Å². The zero-order valence-corrected chi connectivity index (χ0v) is 10.9. The van der Waals surface area contributed by atoms with E-state index in [1.807, 2.05) is 0 Å². The second-order valence-corrected chi connectivity index (χ2v) is 5.85. The Morgan fingerprint density at radius 3 is 2.60 bits per heavy atom. The van der Waals surface area contributed by atoms with Crippen LogP contribution in [0.1, 0.15) is 52.9 Å². The molecule has 1 rings (SSSR count). The first-order chi connectivity index (χ1) is 6.94. The fourth-order valence-corrected chi connectivity index (χ4v) is 2.61. The van der Waals surface area contributed by atoms with Crippen molar-refractivity contribution in [2.24, 2.45) is 11.7 Å². The molecule has 2 heteroatoms. The van der Waals surface area contributed by atoms with Gasteiger partial charge in [0.25, 0.3) is 0 Å². The highest BCUT2D eigenvalue weighted by Crippen LogP contribution is 2.27. The van der Waals surface area contributed by atoms with Crippen molar-refractivity contribution in [2.75, 3.05) is 13.6 Å². The zero-order chi connectivity index (χ0) is 11.5. The SMILES string of the molecule is CCC(C)(N)CN(C)C1CCCC(C)C1. The molecule has 15 heavy (non-hydrogen) atoms. The minimum atomic E-state index is -0.0184. The summed E-state index contributed by atoms with van der Waals surface area (Å²) >= 11 is 0. The van der Waals surface area contributed by atoms with Crippen LogP contribution in [0.2, 0.25) is 0 Å². The van der Waals surface area contributed by atoms with Gasteiger partial charge < -0.3 is 10.6 Å². The Kier molecular flexibility index (Phi) is 4.60. The monoisotopic (exact) mass is 212 g/mol. The maximum Gasteiger partial charge on any atom is 0.0252 e. The molecule has 0 saturated heterocycles. The fraction of sp³-hybridized carbons (Fsp3) is 1.00. The first-order valence-corrected chi connectivity index (χ1v) is 6.43. The lowest BCUT2D eigenvalue weighted by Crippen LogP contribution is -2.49. The van der Waals surface area contributed by atoms with E-state index in [9.17, 15) is 0 Å². The summed E-state index contributed by atoms with van der Waals surface area (Å²) in [4.78, 5) is 2.49. The second-order valence-electron chi connectivity index (χ2n) is 5.85. The van der Waals surface area contributed by atoms with Crippen molar-refractivity contribution < 1.29 is 0 Å². The number of likely N-dealkylation sites (N-methyl/N-ethyl adjacent to an activating group) is 1. The van der Waals surface area contributed by atoms with E-state index < -0.39 is 0 Å². The third-order valence-corrected chi connectivity index (χ3v) is 3.95. The number of hydrogen-bond donors (Lipinski definition) is 1. The first kappa shape index (κ1) is 13.0. The van der Waals surface area contributed by atoms with Gasteiger partial charge in [-0.15, -0.1) is 0 Å². The molecular weight excluding hydrogens is 184 g/mol. The molecule has 2 N–H and O–H groups in total. The van der Waals surface area contributed by atoms with Gasteiger partial charge in [-0.1, -0.05) is 26.7 Å². The van der Waals surface area contributed by atoms with Crippen molar-refractivity contribution in [1.82, 2.24) is 4.90 Å². The molecule has 1 aliphatic rings. The van der Waals surface area contributed by atoms with Crippen LogP contribution in [0.4, 0.5) is 0 Å². The van der Waals surface area contributed by atoms with Crippen molar-refractivity contribution in [2.45, 2.75) is 64.5 Å². The van der Waals surface area contributed by atoms with E-state index in [4.69, 9.17) is 5.73 Å². The van der Waals surface area contributed by atoms with Crippen LogP contribution in [-0.2, 0) is 0 Å². The Morgan fingerprint density at radius 2 is 2.07 bits per heavy atom. The molecule has 0 aromatic rings. The zero-order valence-electron chi connectivity index (χ0n) is 10.9. The van der Waals surface area contributed by atoms with E-state index in [2.05, 4.69) is 32.7 Å². The van der Waals surface area contributed by atoms with E-state index in [1.165, 1.54) is 25.7 Å². The van der Waals surface area contributed by atoms with Crippen molar-refractivity contribution >= 4 is 0 Å². The predicted octanol–water partition coefficient (Wildman–Crippen LogP) is 2.62. The Labute approximate surface area is 95.2 Å². The molecule has 0 radical (unpaired) electrons. The van der Waals surface area contributed by atoms with Gasteiger partial charge in [0.15, 0.2) is 0 Å². The molecule has 1 aliphatic carbocycles. The third-order valence-electron chi connectivity index (χ3n) is 3.95. The van der Waals surface area contributed by atoms with Crippen molar-refractivity contribution in [3.63, 3.8) is 0 Å². The van der Waals surface area contributed by atoms with Gasteiger partial charge in [0, 0.05) is 18.1 Å². The van der Waals surface area contributed by atoms with Crippen LogP contribution in [-0.4, -0.2) is 30.1 Å². The van der Waals surface area contributed by atoms with E-state index in [0.29, 0.717) is 0 Å². The van der Waals surface area contributed by atoms with Crippen LogP contribution in [0.3, 0.4) is 0 Å². The average Bonchev–Trinajstić information content (AvgIpc) is 2.17. The van der Waals surface area contributed by atoms with E-state index in [0.717, 1.165) is 24.9 Å². The Bertz CT molecular complexity index is 189. The van der Waals surface area contributed by atoms with Gasteiger partial charge in [-0.3, -0.25) is 0 Å². The number of rotatable bonds is 4. The van der Waals surface area contributed by atoms with Crippen LogP contribution in [0, 0.1) is 5.92 Å². The maximum absolute atomic E-state index is 6.22. The molecule has 1 saturated carbocycles.